The largest absolute Gasteiger partial charge is 0.465 e. The average molecular weight is 284 g/mol. The van der Waals surface area contributed by atoms with Gasteiger partial charge >= 0.3 is 5.97 Å². The highest BCUT2D eigenvalue weighted by atomic mass is 16.5. The lowest BCUT2D eigenvalue weighted by molar-refractivity contribution is -0.141. The van der Waals surface area contributed by atoms with Crippen LogP contribution in [0.25, 0.3) is 0 Å². The number of carbonyl (C=O) groups is 1. The van der Waals surface area contributed by atoms with Crippen molar-refractivity contribution in [2.75, 3.05) is 26.2 Å². The molecule has 2 atom stereocenters. The number of nitriles is 1. The SMILES string of the molecule is N#Cc1ccc([C@H]2COC(=O)C2CN2CCCCC2)cc1. The van der Waals surface area contributed by atoms with Gasteiger partial charge in [-0.2, -0.15) is 5.26 Å². The van der Waals surface area contributed by atoms with Gasteiger partial charge in [0.2, 0.25) is 0 Å². The summed E-state index contributed by atoms with van der Waals surface area (Å²) in [6.07, 6.45) is 3.75. The fourth-order valence-electron chi connectivity index (χ4n) is 3.31. The quantitative estimate of drug-likeness (QED) is 0.799. The summed E-state index contributed by atoms with van der Waals surface area (Å²) in [5.74, 6) is -0.0295. The maximum Gasteiger partial charge on any atom is 0.311 e. The zero-order valence-corrected chi connectivity index (χ0v) is 12.1. The molecule has 0 N–H and O–H groups in total. The van der Waals surface area contributed by atoms with Crippen molar-refractivity contribution >= 4 is 5.97 Å². The first-order chi connectivity index (χ1) is 10.3. The van der Waals surface area contributed by atoms with Crippen LogP contribution in [0.3, 0.4) is 0 Å². The highest BCUT2D eigenvalue weighted by Crippen LogP contribution is 2.33. The Balaban J connectivity index is 1.73. The molecular formula is C17H20N2O2. The Labute approximate surface area is 125 Å². The topological polar surface area (TPSA) is 53.3 Å². The summed E-state index contributed by atoms with van der Waals surface area (Å²) in [5, 5.41) is 8.87. The standard InChI is InChI=1S/C17H20N2O2/c18-10-13-4-6-14(7-5-13)16-12-21-17(20)15(16)11-19-8-2-1-3-9-19/h4-7,15-16H,1-3,8-9,11-12H2/t15?,16-/m1/s1. The normalized spacial score (nSPS) is 26.3. The van der Waals surface area contributed by atoms with Gasteiger partial charge in [0.05, 0.1) is 24.2 Å². The number of ether oxygens (including phenoxy) is 1. The molecule has 1 unspecified atom stereocenters. The molecule has 21 heavy (non-hydrogen) atoms. The third-order valence-corrected chi connectivity index (χ3v) is 4.57. The van der Waals surface area contributed by atoms with Crippen molar-refractivity contribution in [3.05, 3.63) is 35.4 Å². The van der Waals surface area contributed by atoms with Crippen LogP contribution in [-0.2, 0) is 9.53 Å². The molecule has 0 saturated carbocycles. The number of rotatable bonds is 3. The summed E-state index contributed by atoms with van der Waals surface area (Å²) in [4.78, 5) is 14.4. The molecule has 1 aromatic rings. The zero-order valence-electron chi connectivity index (χ0n) is 12.1. The summed E-state index contributed by atoms with van der Waals surface area (Å²) >= 11 is 0. The van der Waals surface area contributed by atoms with E-state index in [-0.39, 0.29) is 17.8 Å². The third-order valence-electron chi connectivity index (χ3n) is 4.57. The van der Waals surface area contributed by atoms with Crippen LogP contribution in [0, 0.1) is 17.2 Å². The first-order valence-corrected chi connectivity index (χ1v) is 7.67. The Kier molecular flexibility index (Phi) is 4.21. The molecule has 110 valence electrons. The summed E-state index contributed by atoms with van der Waals surface area (Å²) in [6, 6.07) is 9.66. The first kappa shape index (κ1) is 14.1. The molecule has 2 aliphatic heterocycles. The van der Waals surface area contributed by atoms with E-state index in [0.717, 1.165) is 25.2 Å². The van der Waals surface area contributed by atoms with Crippen molar-refractivity contribution in [2.24, 2.45) is 5.92 Å². The van der Waals surface area contributed by atoms with Crippen molar-refractivity contribution in [3.8, 4) is 6.07 Å². The van der Waals surface area contributed by atoms with E-state index in [2.05, 4.69) is 11.0 Å². The molecule has 2 heterocycles. The van der Waals surface area contributed by atoms with Gasteiger partial charge in [-0.25, -0.2) is 0 Å². The second-order valence-electron chi connectivity index (χ2n) is 5.94. The van der Waals surface area contributed by atoms with Crippen molar-refractivity contribution in [1.82, 2.24) is 4.90 Å². The number of hydrogen-bond donors (Lipinski definition) is 0. The number of piperidine rings is 1. The fourth-order valence-corrected chi connectivity index (χ4v) is 3.31. The lowest BCUT2D eigenvalue weighted by Gasteiger charge is -2.29. The number of benzene rings is 1. The molecule has 0 radical (unpaired) electrons. The van der Waals surface area contributed by atoms with Crippen LogP contribution in [-0.4, -0.2) is 37.1 Å². The van der Waals surface area contributed by atoms with Crippen LogP contribution in [0.5, 0.6) is 0 Å². The predicted octanol–water partition coefficient (Wildman–Crippen LogP) is 2.30. The van der Waals surface area contributed by atoms with E-state index in [1.54, 1.807) is 0 Å². The molecule has 2 aliphatic rings. The molecule has 0 spiro atoms. The minimum atomic E-state index is -0.0741. The van der Waals surface area contributed by atoms with Gasteiger partial charge in [0.25, 0.3) is 0 Å². The third kappa shape index (κ3) is 3.08. The van der Waals surface area contributed by atoms with Gasteiger partial charge in [0.15, 0.2) is 0 Å². The van der Waals surface area contributed by atoms with E-state index in [0.29, 0.717) is 12.2 Å². The van der Waals surface area contributed by atoms with Crippen molar-refractivity contribution in [2.45, 2.75) is 25.2 Å². The monoisotopic (exact) mass is 284 g/mol. The molecule has 3 rings (SSSR count). The van der Waals surface area contributed by atoms with Crippen molar-refractivity contribution in [3.63, 3.8) is 0 Å². The van der Waals surface area contributed by atoms with E-state index in [4.69, 9.17) is 10.00 Å². The van der Waals surface area contributed by atoms with Gasteiger partial charge in [-0.05, 0) is 43.6 Å². The van der Waals surface area contributed by atoms with Gasteiger partial charge in [-0.1, -0.05) is 18.6 Å². The number of cyclic esters (lactones) is 1. The molecule has 1 aromatic carbocycles. The number of carbonyl (C=O) groups excluding carboxylic acids is 1. The first-order valence-electron chi connectivity index (χ1n) is 7.67. The summed E-state index contributed by atoms with van der Waals surface area (Å²) in [7, 11) is 0. The Morgan fingerprint density at radius 2 is 1.90 bits per heavy atom. The Hall–Kier alpha value is -1.86. The smallest absolute Gasteiger partial charge is 0.311 e. The van der Waals surface area contributed by atoms with E-state index in [1.165, 1.54) is 19.3 Å². The van der Waals surface area contributed by atoms with Gasteiger partial charge in [-0.15, -0.1) is 0 Å². The molecule has 2 saturated heterocycles. The van der Waals surface area contributed by atoms with E-state index >= 15 is 0 Å². The second-order valence-corrected chi connectivity index (χ2v) is 5.94. The highest BCUT2D eigenvalue weighted by molar-refractivity contribution is 5.76. The Morgan fingerprint density at radius 3 is 2.57 bits per heavy atom. The Bertz CT molecular complexity index is 541. The minimum Gasteiger partial charge on any atom is -0.465 e. The molecular weight excluding hydrogens is 264 g/mol. The van der Waals surface area contributed by atoms with Crippen LogP contribution in [0.2, 0.25) is 0 Å². The van der Waals surface area contributed by atoms with E-state index in [9.17, 15) is 4.79 Å². The Morgan fingerprint density at radius 1 is 1.19 bits per heavy atom. The van der Waals surface area contributed by atoms with Crippen LogP contribution in [0.4, 0.5) is 0 Å². The van der Waals surface area contributed by atoms with Gasteiger partial charge < -0.3 is 9.64 Å². The highest BCUT2D eigenvalue weighted by Gasteiger charge is 2.38. The second kappa shape index (κ2) is 6.28. The van der Waals surface area contributed by atoms with E-state index < -0.39 is 0 Å². The fraction of sp³-hybridized carbons (Fsp3) is 0.529. The van der Waals surface area contributed by atoms with Crippen molar-refractivity contribution in [1.29, 1.82) is 5.26 Å². The number of nitrogens with zero attached hydrogens (tertiary/aromatic N) is 2. The minimum absolute atomic E-state index is 0.0731. The maximum absolute atomic E-state index is 12.1. The molecule has 4 nitrogen and oxygen atoms in total. The summed E-state index contributed by atoms with van der Waals surface area (Å²) in [6.45, 7) is 3.43. The van der Waals surface area contributed by atoms with Gasteiger partial charge in [0, 0.05) is 12.5 Å². The molecule has 2 fully saturated rings. The van der Waals surface area contributed by atoms with Gasteiger partial charge in [-0.3, -0.25) is 4.79 Å². The molecule has 0 aliphatic carbocycles. The van der Waals surface area contributed by atoms with Crippen LogP contribution < -0.4 is 0 Å². The van der Waals surface area contributed by atoms with E-state index in [1.807, 2.05) is 24.3 Å². The maximum atomic E-state index is 12.1. The molecule has 0 aromatic heterocycles. The molecule has 0 bridgehead atoms. The summed E-state index contributed by atoms with van der Waals surface area (Å²) < 4.78 is 5.30. The molecule has 4 heteroatoms. The summed E-state index contributed by atoms with van der Waals surface area (Å²) in [5.41, 5.74) is 1.75. The number of esters is 1. The van der Waals surface area contributed by atoms with Crippen LogP contribution in [0.15, 0.2) is 24.3 Å². The molecule has 0 amide bonds. The van der Waals surface area contributed by atoms with Crippen LogP contribution in [0.1, 0.15) is 36.3 Å². The van der Waals surface area contributed by atoms with Gasteiger partial charge in [0.1, 0.15) is 0 Å². The zero-order chi connectivity index (χ0) is 14.7. The lowest BCUT2D eigenvalue weighted by Crippen LogP contribution is -2.37. The predicted molar refractivity (Wildman–Crippen MR) is 78.6 cm³/mol. The van der Waals surface area contributed by atoms with Crippen molar-refractivity contribution < 1.29 is 9.53 Å². The average Bonchev–Trinajstić information content (AvgIpc) is 2.90. The number of hydrogen-bond acceptors (Lipinski definition) is 4. The van der Waals surface area contributed by atoms with Crippen LogP contribution >= 0.6 is 0 Å². The number of likely N-dealkylation sites (tertiary alicyclic amines) is 1. The lowest BCUT2D eigenvalue weighted by atomic mass is 9.87.